The first-order chi connectivity index (χ1) is 9.65. The Morgan fingerprint density at radius 1 is 1.25 bits per heavy atom. The largest absolute Gasteiger partial charge is 0.486 e. The number of hydrogen-bond donors (Lipinski definition) is 2. The van der Waals surface area contributed by atoms with Gasteiger partial charge in [0, 0.05) is 18.3 Å². The van der Waals surface area contributed by atoms with E-state index in [-0.39, 0.29) is 12.5 Å². The van der Waals surface area contributed by atoms with Gasteiger partial charge in [-0.1, -0.05) is 11.6 Å². The SMILES string of the molecule is CC(C)=CCNCC(=O)Nc1ccc2c(c1)OCCO2. The number of ether oxygens (including phenoxy) is 2. The Hall–Kier alpha value is -2.01. The number of carbonyl (C=O) groups excluding carboxylic acids is 1. The Bertz CT molecular complexity index is 508. The van der Waals surface area contributed by atoms with E-state index >= 15 is 0 Å². The lowest BCUT2D eigenvalue weighted by atomic mass is 10.2. The number of allylic oxidation sites excluding steroid dienone is 1. The van der Waals surface area contributed by atoms with Gasteiger partial charge in [-0.3, -0.25) is 4.79 Å². The maximum Gasteiger partial charge on any atom is 0.238 e. The van der Waals surface area contributed by atoms with E-state index < -0.39 is 0 Å². The Kier molecular flexibility index (Phi) is 5.01. The molecule has 0 aliphatic carbocycles. The summed E-state index contributed by atoms with van der Waals surface area (Å²) in [5.41, 5.74) is 1.94. The van der Waals surface area contributed by atoms with Crippen molar-refractivity contribution in [1.29, 1.82) is 0 Å². The molecule has 0 atom stereocenters. The van der Waals surface area contributed by atoms with Crippen LogP contribution < -0.4 is 20.1 Å². The minimum atomic E-state index is -0.0798. The number of nitrogens with one attached hydrogen (secondary N) is 2. The zero-order valence-corrected chi connectivity index (χ0v) is 11.9. The first-order valence-corrected chi connectivity index (χ1v) is 6.69. The minimum Gasteiger partial charge on any atom is -0.486 e. The van der Waals surface area contributed by atoms with Crippen LogP contribution in [0.4, 0.5) is 5.69 Å². The number of rotatable bonds is 5. The fourth-order valence-corrected chi connectivity index (χ4v) is 1.79. The van der Waals surface area contributed by atoms with Crippen molar-refractivity contribution in [3.8, 4) is 11.5 Å². The van der Waals surface area contributed by atoms with Crippen LogP contribution in [-0.4, -0.2) is 32.2 Å². The molecule has 0 unspecified atom stereocenters. The van der Waals surface area contributed by atoms with Crippen LogP contribution >= 0.6 is 0 Å². The number of fused-ring (bicyclic) bond motifs is 1. The summed E-state index contributed by atoms with van der Waals surface area (Å²) in [5, 5.41) is 5.88. The van der Waals surface area contributed by atoms with Gasteiger partial charge in [0.25, 0.3) is 0 Å². The molecule has 20 heavy (non-hydrogen) atoms. The van der Waals surface area contributed by atoms with E-state index in [0.717, 1.165) is 5.75 Å². The lowest BCUT2D eigenvalue weighted by Gasteiger charge is -2.19. The standard InChI is InChI=1S/C15H20N2O3/c1-11(2)5-6-16-10-15(18)17-12-3-4-13-14(9-12)20-8-7-19-13/h3-5,9,16H,6-8,10H2,1-2H3,(H,17,18). The highest BCUT2D eigenvalue weighted by molar-refractivity contribution is 5.92. The van der Waals surface area contributed by atoms with Crippen molar-refractivity contribution in [2.45, 2.75) is 13.8 Å². The average molecular weight is 276 g/mol. The van der Waals surface area contributed by atoms with Gasteiger partial charge in [0.2, 0.25) is 5.91 Å². The highest BCUT2D eigenvalue weighted by Gasteiger charge is 2.12. The van der Waals surface area contributed by atoms with Gasteiger partial charge in [0.05, 0.1) is 6.54 Å². The maximum atomic E-state index is 11.8. The summed E-state index contributed by atoms with van der Waals surface area (Å²) in [6, 6.07) is 5.39. The molecule has 0 radical (unpaired) electrons. The van der Waals surface area contributed by atoms with Crippen molar-refractivity contribution in [3.05, 3.63) is 29.8 Å². The van der Waals surface area contributed by atoms with Gasteiger partial charge in [-0.15, -0.1) is 0 Å². The predicted molar refractivity (Wildman–Crippen MR) is 78.4 cm³/mol. The zero-order valence-electron chi connectivity index (χ0n) is 11.9. The van der Waals surface area contributed by atoms with Gasteiger partial charge in [0.1, 0.15) is 13.2 Å². The van der Waals surface area contributed by atoms with Gasteiger partial charge in [-0.2, -0.15) is 0 Å². The Morgan fingerprint density at radius 3 is 2.75 bits per heavy atom. The third-order valence-corrected chi connectivity index (χ3v) is 2.77. The first-order valence-electron chi connectivity index (χ1n) is 6.69. The average Bonchev–Trinajstić information content (AvgIpc) is 2.43. The number of hydrogen-bond acceptors (Lipinski definition) is 4. The number of carbonyl (C=O) groups is 1. The van der Waals surface area contributed by atoms with Crippen molar-refractivity contribution in [2.24, 2.45) is 0 Å². The second-order valence-corrected chi connectivity index (χ2v) is 4.82. The van der Waals surface area contributed by atoms with E-state index in [2.05, 4.69) is 10.6 Å². The molecule has 5 nitrogen and oxygen atoms in total. The monoisotopic (exact) mass is 276 g/mol. The van der Waals surface area contributed by atoms with Crippen LogP contribution in [0.5, 0.6) is 11.5 Å². The number of amides is 1. The minimum absolute atomic E-state index is 0.0798. The molecular formula is C15H20N2O3. The molecule has 108 valence electrons. The van der Waals surface area contributed by atoms with Crippen LogP contribution in [-0.2, 0) is 4.79 Å². The smallest absolute Gasteiger partial charge is 0.238 e. The fraction of sp³-hybridized carbons (Fsp3) is 0.400. The maximum absolute atomic E-state index is 11.8. The predicted octanol–water partition coefficient (Wildman–Crippen LogP) is 1.95. The van der Waals surface area contributed by atoms with Gasteiger partial charge in [0.15, 0.2) is 11.5 Å². The fourth-order valence-electron chi connectivity index (χ4n) is 1.79. The molecule has 0 saturated carbocycles. The second kappa shape index (κ2) is 6.96. The molecule has 2 rings (SSSR count). The van der Waals surface area contributed by atoms with E-state index in [1.54, 1.807) is 12.1 Å². The summed E-state index contributed by atoms with van der Waals surface area (Å²) in [6.45, 7) is 6.12. The molecule has 5 heteroatoms. The van der Waals surface area contributed by atoms with Crippen molar-refractivity contribution in [3.63, 3.8) is 0 Å². The molecule has 1 aromatic rings. The van der Waals surface area contributed by atoms with Gasteiger partial charge in [-0.05, 0) is 26.0 Å². The first kappa shape index (κ1) is 14.4. The van der Waals surface area contributed by atoms with Crippen molar-refractivity contribution in [2.75, 3.05) is 31.6 Å². The second-order valence-electron chi connectivity index (χ2n) is 4.82. The topological polar surface area (TPSA) is 59.6 Å². The quantitative estimate of drug-likeness (QED) is 0.637. The Labute approximate surface area is 119 Å². The zero-order chi connectivity index (χ0) is 14.4. The van der Waals surface area contributed by atoms with Crippen LogP contribution in [0, 0.1) is 0 Å². The molecule has 1 heterocycles. The van der Waals surface area contributed by atoms with E-state index in [4.69, 9.17) is 9.47 Å². The van der Waals surface area contributed by atoms with Gasteiger partial charge in [-0.25, -0.2) is 0 Å². The Morgan fingerprint density at radius 2 is 2.00 bits per heavy atom. The van der Waals surface area contributed by atoms with E-state index in [1.165, 1.54) is 5.57 Å². The van der Waals surface area contributed by atoms with Crippen LogP contribution in [0.25, 0.3) is 0 Å². The van der Waals surface area contributed by atoms with E-state index in [1.807, 2.05) is 26.0 Å². The normalized spacial score (nSPS) is 12.7. The molecular weight excluding hydrogens is 256 g/mol. The van der Waals surface area contributed by atoms with Crippen LogP contribution in [0.15, 0.2) is 29.8 Å². The summed E-state index contributed by atoms with van der Waals surface area (Å²) >= 11 is 0. The molecule has 1 aliphatic heterocycles. The molecule has 2 N–H and O–H groups in total. The lowest BCUT2D eigenvalue weighted by Crippen LogP contribution is -2.28. The highest BCUT2D eigenvalue weighted by Crippen LogP contribution is 2.32. The third-order valence-electron chi connectivity index (χ3n) is 2.77. The molecule has 1 amide bonds. The van der Waals surface area contributed by atoms with Crippen LogP contribution in [0.1, 0.15) is 13.8 Å². The summed E-state index contributed by atoms with van der Waals surface area (Å²) in [7, 11) is 0. The van der Waals surface area contributed by atoms with Gasteiger partial charge >= 0.3 is 0 Å². The van der Waals surface area contributed by atoms with Crippen molar-refractivity contribution in [1.82, 2.24) is 5.32 Å². The number of anilines is 1. The molecule has 0 spiro atoms. The lowest BCUT2D eigenvalue weighted by molar-refractivity contribution is -0.115. The molecule has 1 aliphatic rings. The summed E-state index contributed by atoms with van der Waals surface area (Å²) in [5.74, 6) is 1.31. The number of benzene rings is 1. The summed E-state index contributed by atoms with van der Waals surface area (Å²) < 4.78 is 10.9. The molecule has 0 aromatic heterocycles. The summed E-state index contributed by atoms with van der Waals surface area (Å²) in [6.07, 6.45) is 2.04. The molecule has 0 fully saturated rings. The summed E-state index contributed by atoms with van der Waals surface area (Å²) in [4.78, 5) is 11.8. The van der Waals surface area contributed by atoms with Crippen LogP contribution in [0.2, 0.25) is 0 Å². The molecule has 0 bridgehead atoms. The van der Waals surface area contributed by atoms with E-state index in [0.29, 0.717) is 31.2 Å². The van der Waals surface area contributed by atoms with Gasteiger partial charge < -0.3 is 20.1 Å². The molecule has 1 aromatic carbocycles. The Balaban J connectivity index is 1.83. The third kappa shape index (κ3) is 4.28. The van der Waals surface area contributed by atoms with E-state index in [9.17, 15) is 4.79 Å². The van der Waals surface area contributed by atoms with Crippen LogP contribution in [0.3, 0.4) is 0 Å². The molecule has 0 saturated heterocycles. The van der Waals surface area contributed by atoms with Crippen molar-refractivity contribution < 1.29 is 14.3 Å². The van der Waals surface area contributed by atoms with Crippen molar-refractivity contribution >= 4 is 11.6 Å². The highest BCUT2D eigenvalue weighted by atomic mass is 16.6.